The number of aromatic hydroxyl groups is 1. The van der Waals surface area contributed by atoms with Crippen LogP contribution in [0.25, 0.3) is 16.3 Å². The Morgan fingerprint density at radius 3 is 2.33 bits per heavy atom. The number of ether oxygens (including phenoxy) is 2. The van der Waals surface area contributed by atoms with Gasteiger partial charge in [-0.3, -0.25) is 0 Å². The first kappa shape index (κ1) is 18.3. The lowest BCUT2D eigenvalue weighted by molar-refractivity contribution is -0.130. The van der Waals surface area contributed by atoms with Crippen molar-refractivity contribution in [2.45, 2.75) is 6.42 Å². The van der Waals surface area contributed by atoms with Gasteiger partial charge in [0.1, 0.15) is 5.75 Å². The number of phenols is 1. The van der Waals surface area contributed by atoms with Crippen molar-refractivity contribution in [3.05, 3.63) is 71.8 Å². The molecule has 3 rings (SSSR count). The van der Waals surface area contributed by atoms with Crippen LogP contribution in [0.4, 0.5) is 0 Å². The Morgan fingerprint density at radius 2 is 1.67 bits per heavy atom. The summed E-state index contributed by atoms with van der Waals surface area (Å²) in [7, 11) is 3.04. The van der Waals surface area contributed by atoms with Crippen molar-refractivity contribution in [2.24, 2.45) is 0 Å². The van der Waals surface area contributed by atoms with Crippen molar-refractivity contribution in [1.82, 2.24) is 0 Å². The van der Waals surface area contributed by atoms with Crippen LogP contribution in [-0.2, 0) is 11.2 Å². The fraction of sp³-hybridized carbons (Fsp3) is 0.136. The second-order valence-corrected chi connectivity index (χ2v) is 6.09. The van der Waals surface area contributed by atoms with Gasteiger partial charge in [0.05, 0.1) is 19.8 Å². The lowest BCUT2D eigenvalue weighted by atomic mass is 9.92. The molecule has 0 unspecified atom stereocenters. The van der Waals surface area contributed by atoms with Gasteiger partial charge in [-0.05, 0) is 28.6 Å². The number of methoxy groups -OCH3 is 2. The molecule has 3 aromatic rings. The molecular weight excluding hydrogens is 344 g/mol. The summed E-state index contributed by atoms with van der Waals surface area (Å²) in [6.07, 6.45) is 0.501. The van der Waals surface area contributed by atoms with Gasteiger partial charge in [-0.2, -0.15) is 0 Å². The molecule has 0 aliphatic carbocycles. The van der Waals surface area contributed by atoms with Crippen molar-refractivity contribution in [2.75, 3.05) is 14.2 Å². The van der Waals surface area contributed by atoms with E-state index in [1.807, 2.05) is 36.4 Å². The first-order valence-corrected chi connectivity index (χ1v) is 8.34. The molecule has 0 aromatic heterocycles. The molecule has 0 atom stereocenters. The Labute approximate surface area is 157 Å². The average Bonchev–Trinajstić information content (AvgIpc) is 2.68. The van der Waals surface area contributed by atoms with Crippen LogP contribution in [0, 0.1) is 0 Å². The zero-order chi connectivity index (χ0) is 19.6. The van der Waals surface area contributed by atoms with E-state index in [1.54, 1.807) is 13.2 Å². The van der Waals surface area contributed by atoms with Crippen LogP contribution in [-0.4, -0.2) is 30.4 Å². The number of para-hydroxylation sites is 1. The Balaban J connectivity index is 2.27. The van der Waals surface area contributed by atoms with Gasteiger partial charge in [0, 0.05) is 17.4 Å². The predicted molar refractivity (Wildman–Crippen MR) is 105 cm³/mol. The van der Waals surface area contributed by atoms with Crippen LogP contribution in [0.2, 0.25) is 0 Å². The lowest BCUT2D eigenvalue weighted by Crippen LogP contribution is -2.01. The Kier molecular flexibility index (Phi) is 5.03. The van der Waals surface area contributed by atoms with Gasteiger partial charge >= 0.3 is 5.97 Å². The van der Waals surface area contributed by atoms with Gasteiger partial charge < -0.3 is 19.7 Å². The van der Waals surface area contributed by atoms with Crippen LogP contribution in [0.1, 0.15) is 16.7 Å². The van der Waals surface area contributed by atoms with Crippen LogP contribution in [0.15, 0.2) is 55.1 Å². The smallest absolute Gasteiger partial charge is 0.335 e. The van der Waals surface area contributed by atoms with Crippen LogP contribution < -0.4 is 9.47 Å². The molecule has 2 N–H and O–H groups in total. The summed E-state index contributed by atoms with van der Waals surface area (Å²) in [5.74, 6) is -0.210. The molecule has 3 aromatic carbocycles. The standard InChI is InChI=1S/C22H20O5/c1-13(22(24)25)17-12-19(27-3)21(23)20-15(8-6-9-16(17)20)11-14-7-4-5-10-18(14)26-2/h4-10,12,23H,1,11H2,2-3H3,(H,24,25). The minimum atomic E-state index is -1.13. The van der Waals surface area contributed by atoms with Crippen LogP contribution in [0.3, 0.4) is 0 Å². The number of carbonyl (C=O) groups is 1. The number of benzene rings is 3. The number of aliphatic carboxylic acids is 1. The van der Waals surface area contributed by atoms with Gasteiger partial charge in [0.25, 0.3) is 0 Å². The molecule has 0 aliphatic heterocycles. The fourth-order valence-corrected chi connectivity index (χ4v) is 3.23. The summed E-state index contributed by atoms with van der Waals surface area (Å²) in [4.78, 5) is 11.5. The number of phenolic OH excluding ortho intramolecular Hbond substituents is 1. The van der Waals surface area contributed by atoms with Crippen molar-refractivity contribution in [1.29, 1.82) is 0 Å². The monoisotopic (exact) mass is 364 g/mol. The maximum Gasteiger partial charge on any atom is 0.335 e. The highest BCUT2D eigenvalue weighted by Gasteiger charge is 2.19. The van der Waals surface area contributed by atoms with E-state index in [4.69, 9.17) is 9.47 Å². The second kappa shape index (κ2) is 7.41. The first-order valence-electron chi connectivity index (χ1n) is 8.34. The van der Waals surface area contributed by atoms with Crippen LogP contribution in [0.5, 0.6) is 17.2 Å². The van der Waals surface area contributed by atoms with E-state index in [2.05, 4.69) is 6.58 Å². The van der Waals surface area contributed by atoms with Crippen molar-refractivity contribution in [3.63, 3.8) is 0 Å². The van der Waals surface area contributed by atoms with E-state index in [0.717, 1.165) is 16.9 Å². The highest BCUT2D eigenvalue weighted by atomic mass is 16.5. The topological polar surface area (TPSA) is 76.0 Å². The minimum absolute atomic E-state index is 0.0278. The largest absolute Gasteiger partial charge is 0.504 e. The van der Waals surface area contributed by atoms with Gasteiger partial charge in [0.2, 0.25) is 0 Å². The van der Waals surface area contributed by atoms with Gasteiger partial charge in [-0.1, -0.05) is 43.0 Å². The summed E-state index contributed by atoms with van der Waals surface area (Å²) in [5.41, 5.74) is 2.13. The normalized spacial score (nSPS) is 10.6. The molecule has 5 nitrogen and oxygen atoms in total. The number of rotatable bonds is 6. The number of hydrogen-bond acceptors (Lipinski definition) is 4. The van der Waals surface area contributed by atoms with Gasteiger partial charge in [-0.15, -0.1) is 0 Å². The summed E-state index contributed by atoms with van der Waals surface area (Å²) >= 11 is 0. The molecule has 138 valence electrons. The minimum Gasteiger partial charge on any atom is -0.504 e. The third kappa shape index (κ3) is 3.31. The zero-order valence-electron chi connectivity index (χ0n) is 15.2. The van der Waals surface area contributed by atoms with Crippen LogP contribution >= 0.6 is 0 Å². The molecule has 0 fully saturated rings. The molecule has 5 heteroatoms. The first-order chi connectivity index (χ1) is 13.0. The zero-order valence-corrected chi connectivity index (χ0v) is 15.2. The molecule has 0 saturated carbocycles. The lowest BCUT2D eigenvalue weighted by Gasteiger charge is -2.16. The van der Waals surface area contributed by atoms with Gasteiger partial charge in [-0.25, -0.2) is 4.79 Å². The maximum atomic E-state index is 11.5. The summed E-state index contributed by atoms with van der Waals surface area (Å²) in [6, 6.07) is 14.6. The Hall–Kier alpha value is -3.47. The van der Waals surface area contributed by atoms with Crippen molar-refractivity contribution < 1.29 is 24.5 Å². The molecule has 0 radical (unpaired) electrons. The molecule has 0 amide bonds. The molecule has 0 bridgehead atoms. The highest BCUT2D eigenvalue weighted by Crippen LogP contribution is 2.41. The quantitative estimate of drug-likeness (QED) is 0.640. The van der Waals surface area contributed by atoms with E-state index < -0.39 is 5.97 Å². The maximum absolute atomic E-state index is 11.5. The highest BCUT2D eigenvalue weighted by molar-refractivity contribution is 6.19. The molecule has 0 heterocycles. The van der Waals surface area contributed by atoms with Crippen molar-refractivity contribution >= 4 is 22.3 Å². The third-order valence-corrected chi connectivity index (χ3v) is 4.56. The molecular formula is C22H20O5. The summed E-state index contributed by atoms with van der Waals surface area (Å²) < 4.78 is 10.7. The van der Waals surface area contributed by atoms with Crippen molar-refractivity contribution in [3.8, 4) is 17.2 Å². The van der Waals surface area contributed by atoms with E-state index in [-0.39, 0.29) is 17.1 Å². The average molecular weight is 364 g/mol. The third-order valence-electron chi connectivity index (χ3n) is 4.56. The predicted octanol–water partition coefficient (Wildman–Crippen LogP) is 4.25. The number of carboxylic acid groups (broad SMARTS) is 1. The number of carboxylic acids is 1. The summed E-state index contributed by atoms with van der Waals surface area (Å²) in [6.45, 7) is 3.66. The second-order valence-electron chi connectivity index (χ2n) is 6.09. The SMILES string of the molecule is C=C(C(=O)O)c1cc(OC)c(O)c2c(Cc3ccccc3OC)cccc12. The van der Waals surface area contributed by atoms with E-state index in [0.29, 0.717) is 22.8 Å². The Bertz CT molecular complexity index is 1040. The van der Waals surface area contributed by atoms with E-state index in [1.165, 1.54) is 13.2 Å². The molecule has 27 heavy (non-hydrogen) atoms. The molecule has 0 spiro atoms. The number of fused-ring (bicyclic) bond motifs is 1. The Morgan fingerprint density at radius 1 is 1.00 bits per heavy atom. The van der Waals surface area contributed by atoms with E-state index in [9.17, 15) is 15.0 Å². The molecule has 0 aliphatic rings. The van der Waals surface area contributed by atoms with E-state index >= 15 is 0 Å². The molecule has 0 saturated heterocycles. The fourth-order valence-electron chi connectivity index (χ4n) is 3.23. The number of hydrogen-bond donors (Lipinski definition) is 2. The summed E-state index contributed by atoms with van der Waals surface area (Å²) in [5, 5.41) is 21.3. The van der Waals surface area contributed by atoms with Gasteiger partial charge in [0.15, 0.2) is 11.5 Å².